The Morgan fingerprint density at radius 2 is 1.47 bits per heavy atom. The van der Waals surface area contributed by atoms with Gasteiger partial charge in [-0.05, 0) is 23.5 Å². The molecule has 0 aromatic heterocycles. The molecule has 0 aliphatic rings. The van der Waals surface area contributed by atoms with Crippen LogP contribution in [0.25, 0.3) is 0 Å². The Kier molecular flexibility index (Phi) is 7.14. The molecule has 0 aromatic rings. The van der Waals surface area contributed by atoms with Gasteiger partial charge >= 0.3 is 5.97 Å². The zero-order chi connectivity index (χ0) is 15.2. The average Bonchev–Trinajstić information content (AvgIpc) is 2.27. The summed E-state index contributed by atoms with van der Waals surface area (Å²) in [6.07, 6.45) is 1.47. The number of carbonyl (C=O) groups excluding carboxylic acids is 1. The minimum atomic E-state index is -1.71. The van der Waals surface area contributed by atoms with Crippen molar-refractivity contribution in [3.8, 4) is 11.5 Å². The summed E-state index contributed by atoms with van der Waals surface area (Å²) in [5.74, 6) is 2.87. The predicted octanol–water partition coefficient (Wildman–Crippen LogP) is 4.33. The Morgan fingerprint density at radius 1 is 1.05 bits per heavy atom. The molecule has 0 amide bonds. The quantitative estimate of drug-likeness (QED) is 0.332. The molecule has 0 heterocycles. The molecule has 2 nitrogen and oxygen atoms in total. The fraction of sp³-hybridized carbons (Fsp3) is 0.688. The third kappa shape index (κ3) is 4.54. The van der Waals surface area contributed by atoms with E-state index in [1.54, 1.807) is 0 Å². The number of carbonyl (C=O) groups is 1. The molecule has 108 valence electrons. The summed E-state index contributed by atoms with van der Waals surface area (Å²) in [4.78, 5) is 11.2. The number of methoxy groups -OCH3 is 1. The highest BCUT2D eigenvalue weighted by Gasteiger charge is 2.41. The van der Waals surface area contributed by atoms with E-state index >= 15 is 0 Å². The Morgan fingerprint density at radius 3 is 1.79 bits per heavy atom. The van der Waals surface area contributed by atoms with E-state index in [0.29, 0.717) is 16.6 Å². The van der Waals surface area contributed by atoms with Gasteiger partial charge in [-0.3, -0.25) is 0 Å². The molecule has 3 heteroatoms. The lowest BCUT2D eigenvalue weighted by atomic mass is 10.3. The van der Waals surface area contributed by atoms with Crippen molar-refractivity contribution < 1.29 is 9.53 Å². The zero-order valence-corrected chi connectivity index (χ0v) is 14.6. The van der Waals surface area contributed by atoms with Crippen LogP contribution in [0.1, 0.15) is 48.5 Å². The van der Waals surface area contributed by atoms with Gasteiger partial charge in [-0.15, -0.1) is 5.54 Å². The molecule has 0 radical (unpaired) electrons. The SMILES string of the molecule is COC(=O)/C=C(\C)C#C[Si](C(C)C)(C(C)C)C(C)C. The van der Waals surface area contributed by atoms with Gasteiger partial charge in [0.15, 0.2) is 0 Å². The number of ether oxygens (including phenoxy) is 1. The summed E-state index contributed by atoms with van der Waals surface area (Å²) in [6, 6.07) is 0. The van der Waals surface area contributed by atoms with Gasteiger partial charge in [0.1, 0.15) is 8.07 Å². The lowest BCUT2D eigenvalue weighted by molar-refractivity contribution is -0.134. The molecule has 0 aliphatic carbocycles. The smallest absolute Gasteiger partial charge is 0.331 e. The first-order valence-electron chi connectivity index (χ1n) is 6.97. The highest BCUT2D eigenvalue weighted by Crippen LogP contribution is 2.40. The van der Waals surface area contributed by atoms with Crippen LogP contribution in [0.15, 0.2) is 11.6 Å². The third-order valence-electron chi connectivity index (χ3n) is 3.88. The Bertz CT molecular complexity index is 373. The van der Waals surface area contributed by atoms with Crippen LogP contribution in [0, 0.1) is 11.5 Å². The lowest BCUT2D eigenvalue weighted by Gasteiger charge is -2.38. The Labute approximate surface area is 119 Å². The summed E-state index contributed by atoms with van der Waals surface area (Å²) < 4.78 is 4.62. The van der Waals surface area contributed by atoms with Crippen molar-refractivity contribution in [2.45, 2.75) is 65.1 Å². The van der Waals surface area contributed by atoms with Crippen molar-refractivity contribution in [3.63, 3.8) is 0 Å². The first-order valence-corrected chi connectivity index (χ1v) is 9.21. The van der Waals surface area contributed by atoms with Gasteiger partial charge in [0.05, 0.1) is 7.11 Å². The average molecular weight is 280 g/mol. The maximum atomic E-state index is 11.2. The zero-order valence-electron chi connectivity index (χ0n) is 13.6. The highest BCUT2D eigenvalue weighted by atomic mass is 28.3. The Balaban J connectivity index is 5.49. The number of hydrogen-bond acceptors (Lipinski definition) is 2. The summed E-state index contributed by atoms with van der Waals surface area (Å²) in [6.45, 7) is 15.5. The van der Waals surface area contributed by atoms with Crippen LogP contribution in [0.5, 0.6) is 0 Å². The van der Waals surface area contributed by atoms with Gasteiger partial charge in [-0.1, -0.05) is 47.5 Å². The second-order valence-corrected chi connectivity index (χ2v) is 11.6. The number of hydrogen-bond donors (Lipinski definition) is 0. The molecule has 0 bridgehead atoms. The number of esters is 1. The third-order valence-corrected chi connectivity index (χ3v) is 10.2. The van der Waals surface area contributed by atoms with Gasteiger partial charge in [0.25, 0.3) is 0 Å². The van der Waals surface area contributed by atoms with Crippen molar-refractivity contribution in [2.75, 3.05) is 7.11 Å². The molecule has 0 aliphatic heterocycles. The number of allylic oxidation sites excluding steroid dienone is 1. The highest BCUT2D eigenvalue weighted by molar-refractivity contribution is 6.90. The van der Waals surface area contributed by atoms with E-state index < -0.39 is 8.07 Å². The summed E-state index contributed by atoms with van der Waals surface area (Å²) >= 11 is 0. The fourth-order valence-electron chi connectivity index (χ4n) is 2.91. The van der Waals surface area contributed by atoms with Crippen LogP contribution >= 0.6 is 0 Å². The molecule has 0 unspecified atom stereocenters. The molecular formula is C16H28O2Si. The standard InChI is InChI=1S/C16H28O2Si/c1-12(2)19(13(3)4,14(5)6)10-9-15(7)11-16(17)18-8/h11-14H,1-8H3/b15-11+. The second-order valence-electron chi connectivity index (χ2n) is 6.00. The van der Waals surface area contributed by atoms with E-state index in [4.69, 9.17) is 0 Å². The topological polar surface area (TPSA) is 26.3 Å². The fourth-order valence-corrected chi connectivity index (χ4v) is 8.19. The molecular weight excluding hydrogens is 252 g/mol. The van der Waals surface area contributed by atoms with Crippen molar-refractivity contribution >= 4 is 14.0 Å². The van der Waals surface area contributed by atoms with Crippen LogP contribution in [0.4, 0.5) is 0 Å². The Hall–Kier alpha value is -1.01. The van der Waals surface area contributed by atoms with Gasteiger partial charge in [0, 0.05) is 11.6 Å². The predicted molar refractivity (Wildman–Crippen MR) is 84.6 cm³/mol. The van der Waals surface area contributed by atoms with Crippen LogP contribution in [-0.4, -0.2) is 21.2 Å². The van der Waals surface area contributed by atoms with Crippen molar-refractivity contribution in [1.82, 2.24) is 0 Å². The number of rotatable bonds is 4. The van der Waals surface area contributed by atoms with E-state index in [1.165, 1.54) is 13.2 Å². The molecule has 0 rings (SSSR count). The monoisotopic (exact) mass is 280 g/mol. The molecule has 0 aromatic carbocycles. The first kappa shape index (κ1) is 18.0. The maximum Gasteiger partial charge on any atom is 0.331 e. The minimum absolute atomic E-state index is 0.335. The van der Waals surface area contributed by atoms with Gasteiger partial charge < -0.3 is 4.74 Å². The van der Waals surface area contributed by atoms with Gasteiger partial charge in [0.2, 0.25) is 0 Å². The van der Waals surface area contributed by atoms with Crippen molar-refractivity contribution in [1.29, 1.82) is 0 Å². The summed E-state index contributed by atoms with van der Waals surface area (Å²) in [5.41, 5.74) is 6.16. The van der Waals surface area contributed by atoms with Crippen LogP contribution in [0.2, 0.25) is 16.6 Å². The molecule has 0 saturated carbocycles. The second kappa shape index (κ2) is 7.55. The van der Waals surface area contributed by atoms with Crippen LogP contribution < -0.4 is 0 Å². The largest absolute Gasteiger partial charge is 0.466 e. The van der Waals surface area contributed by atoms with Crippen molar-refractivity contribution in [2.24, 2.45) is 0 Å². The first-order chi connectivity index (χ1) is 8.68. The van der Waals surface area contributed by atoms with Crippen LogP contribution in [-0.2, 0) is 9.53 Å². The molecule has 0 atom stereocenters. The van der Waals surface area contributed by atoms with Crippen LogP contribution in [0.3, 0.4) is 0 Å². The van der Waals surface area contributed by atoms with E-state index in [1.807, 2.05) is 6.92 Å². The normalized spacial score (nSPS) is 12.7. The molecule has 0 fully saturated rings. The van der Waals surface area contributed by atoms with E-state index in [0.717, 1.165) is 5.57 Å². The van der Waals surface area contributed by atoms with Gasteiger partial charge in [-0.25, -0.2) is 4.79 Å². The molecule has 0 N–H and O–H groups in total. The maximum absolute atomic E-state index is 11.2. The van der Waals surface area contributed by atoms with E-state index in [9.17, 15) is 4.79 Å². The molecule has 19 heavy (non-hydrogen) atoms. The minimum Gasteiger partial charge on any atom is -0.466 e. The summed E-state index contributed by atoms with van der Waals surface area (Å²) in [7, 11) is -0.322. The molecule has 0 saturated heterocycles. The molecule has 0 spiro atoms. The van der Waals surface area contributed by atoms with E-state index in [-0.39, 0.29) is 5.97 Å². The van der Waals surface area contributed by atoms with Crippen molar-refractivity contribution in [3.05, 3.63) is 11.6 Å². The summed E-state index contributed by atoms with van der Waals surface area (Å²) in [5, 5.41) is 0. The van der Waals surface area contributed by atoms with E-state index in [2.05, 4.69) is 57.7 Å². The van der Waals surface area contributed by atoms with Gasteiger partial charge in [-0.2, -0.15) is 0 Å². The lowest BCUT2D eigenvalue weighted by Crippen LogP contribution is -2.43.